The van der Waals surface area contributed by atoms with Crippen LogP contribution in [0.5, 0.6) is 5.75 Å². The SMILES string of the molecule is COc1cccc(CCNC(=O)c2ccnc(Nc3ccccc3Cl)n2)c1. The average molecular weight is 383 g/mol. The van der Waals surface area contributed by atoms with Gasteiger partial charge in [-0.3, -0.25) is 4.79 Å². The number of carbonyl (C=O) groups is 1. The summed E-state index contributed by atoms with van der Waals surface area (Å²) in [6, 6.07) is 16.6. The second-order valence-corrected chi connectivity index (χ2v) is 6.13. The summed E-state index contributed by atoms with van der Waals surface area (Å²) in [5.74, 6) is 0.843. The van der Waals surface area contributed by atoms with Crippen molar-refractivity contribution in [3.05, 3.63) is 77.1 Å². The summed E-state index contributed by atoms with van der Waals surface area (Å²) < 4.78 is 5.20. The first kappa shape index (κ1) is 18.7. The first-order valence-corrected chi connectivity index (χ1v) is 8.79. The molecule has 0 radical (unpaired) electrons. The second kappa shape index (κ2) is 9.00. The lowest BCUT2D eigenvalue weighted by atomic mass is 10.1. The molecule has 3 aromatic rings. The van der Waals surface area contributed by atoms with Crippen LogP contribution in [0, 0.1) is 0 Å². The number of halogens is 1. The van der Waals surface area contributed by atoms with Crippen molar-refractivity contribution in [2.24, 2.45) is 0 Å². The third-order valence-electron chi connectivity index (χ3n) is 3.84. The third-order valence-corrected chi connectivity index (χ3v) is 4.17. The summed E-state index contributed by atoms with van der Waals surface area (Å²) >= 11 is 6.12. The van der Waals surface area contributed by atoms with Crippen LogP contribution in [0.1, 0.15) is 16.1 Å². The summed E-state index contributed by atoms with van der Waals surface area (Å²) in [7, 11) is 1.63. The molecular weight excluding hydrogens is 364 g/mol. The number of anilines is 2. The largest absolute Gasteiger partial charge is 0.497 e. The van der Waals surface area contributed by atoms with E-state index in [1.807, 2.05) is 42.5 Å². The Hall–Kier alpha value is -3.12. The number of para-hydroxylation sites is 1. The number of nitrogens with zero attached hydrogens (tertiary/aromatic N) is 2. The Morgan fingerprint density at radius 1 is 1.15 bits per heavy atom. The highest BCUT2D eigenvalue weighted by Gasteiger charge is 2.09. The van der Waals surface area contributed by atoms with Gasteiger partial charge in [-0.05, 0) is 42.3 Å². The predicted molar refractivity (Wildman–Crippen MR) is 106 cm³/mol. The lowest BCUT2D eigenvalue weighted by molar-refractivity contribution is 0.0949. The topological polar surface area (TPSA) is 76.1 Å². The van der Waals surface area contributed by atoms with E-state index in [9.17, 15) is 4.79 Å². The van der Waals surface area contributed by atoms with E-state index in [-0.39, 0.29) is 11.6 Å². The van der Waals surface area contributed by atoms with E-state index < -0.39 is 0 Å². The molecule has 0 bridgehead atoms. The maximum atomic E-state index is 12.3. The molecule has 3 rings (SSSR count). The Morgan fingerprint density at radius 2 is 2.00 bits per heavy atom. The van der Waals surface area contributed by atoms with Gasteiger partial charge in [0.1, 0.15) is 11.4 Å². The minimum absolute atomic E-state index is 0.262. The van der Waals surface area contributed by atoms with Gasteiger partial charge in [-0.1, -0.05) is 35.9 Å². The fourth-order valence-corrected chi connectivity index (χ4v) is 2.65. The first-order chi connectivity index (χ1) is 13.2. The van der Waals surface area contributed by atoms with Gasteiger partial charge in [0.15, 0.2) is 0 Å². The van der Waals surface area contributed by atoms with E-state index >= 15 is 0 Å². The van der Waals surface area contributed by atoms with Crippen LogP contribution >= 0.6 is 11.6 Å². The van der Waals surface area contributed by atoms with Gasteiger partial charge in [0.2, 0.25) is 5.95 Å². The van der Waals surface area contributed by atoms with Crippen LogP contribution in [0.2, 0.25) is 5.02 Å². The molecule has 0 saturated heterocycles. The highest BCUT2D eigenvalue weighted by molar-refractivity contribution is 6.33. The number of carbonyl (C=O) groups excluding carboxylic acids is 1. The van der Waals surface area contributed by atoms with E-state index in [2.05, 4.69) is 20.6 Å². The second-order valence-electron chi connectivity index (χ2n) is 5.73. The standard InChI is InChI=1S/C20H19ClN4O2/c1-27-15-6-4-5-14(13-15)9-11-22-19(26)18-10-12-23-20(25-18)24-17-8-3-2-7-16(17)21/h2-8,10,12-13H,9,11H2,1H3,(H,22,26)(H,23,24,25). The summed E-state index contributed by atoms with van der Waals surface area (Å²) in [4.78, 5) is 20.7. The number of nitrogens with one attached hydrogen (secondary N) is 2. The summed E-state index contributed by atoms with van der Waals surface area (Å²) in [6.07, 6.45) is 2.22. The van der Waals surface area contributed by atoms with Gasteiger partial charge in [-0.15, -0.1) is 0 Å². The molecule has 138 valence electrons. The van der Waals surface area contributed by atoms with Crippen molar-refractivity contribution < 1.29 is 9.53 Å². The predicted octanol–water partition coefficient (Wildman–Crippen LogP) is 3.85. The number of amides is 1. The van der Waals surface area contributed by atoms with Gasteiger partial charge >= 0.3 is 0 Å². The molecule has 0 aliphatic rings. The van der Waals surface area contributed by atoms with Crippen LogP contribution in [-0.2, 0) is 6.42 Å². The van der Waals surface area contributed by atoms with Gasteiger partial charge < -0.3 is 15.4 Å². The van der Waals surface area contributed by atoms with Crippen molar-refractivity contribution in [3.8, 4) is 5.75 Å². The Bertz CT molecular complexity index is 933. The molecule has 1 aromatic heterocycles. The molecule has 2 aromatic carbocycles. The molecule has 27 heavy (non-hydrogen) atoms. The molecule has 0 saturated carbocycles. The zero-order chi connectivity index (χ0) is 19.1. The van der Waals surface area contributed by atoms with Gasteiger partial charge in [0, 0.05) is 12.7 Å². The smallest absolute Gasteiger partial charge is 0.270 e. The Balaban J connectivity index is 1.59. The fraction of sp³-hybridized carbons (Fsp3) is 0.150. The van der Waals surface area contributed by atoms with Crippen molar-refractivity contribution in [2.45, 2.75) is 6.42 Å². The molecule has 0 spiro atoms. The van der Waals surface area contributed by atoms with Crippen LogP contribution in [-0.4, -0.2) is 29.5 Å². The van der Waals surface area contributed by atoms with E-state index in [0.717, 1.165) is 11.3 Å². The molecule has 0 atom stereocenters. The fourth-order valence-electron chi connectivity index (χ4n) is 2.47. The van der Waals surface area contributed by atoms with E-state index in [4.69, 9.17) is 16.3 Å². The number of hydrogen-bond acceptors (Lipinski definition) is 5. The van der Waals surface area contributed by atoms with E-state index in [1.54, 1.807) is 19.2 Å². The van der Waals surface area contributed by atoms with Crippen molar-refractivity contribution in [2.75, 3.05) is 19.0 Å². The molecule has 6 nitrogen and oxygen atoms in total. The van der Waals surface area contributed by atoms with Crippen molar-refractivity contribution in [3.63, 3.8) is 0 Å². The summed E-state index contributed by atoms with van der Waals surface area (Å²) in [5, 5.41) is 6.43. The normalized spacial score (nSPS) is 10.3. The molecule has 1 heterocycles. The molecular formula is C20H19ClN4O2. The number of ether oxygens (including phenoxy) is 1. The summed E-state index contributed by atoms with van der Waals surface area (Å²) in [5.41, 5.74) is 2.04. The minimum Gasteiger partial charge on any atom is -0.497 e. The quantitative estimate of drug-likeness (QED) is 0.649. The average Bonchev–Trinajstić information content (AvgIpc) is 2.70. The number of rotatable bonds is 7. The van der Waals surface area contributed by atoms with Crippen molar-refractivity contribution >= 4 is 29.1 Å². The monoisotopic (exact) mass is 382 g/mol. The maximum absolute atomic E-state index is 12.3. The number of methoxy groups -OCH3 is 1. The Morgan fingerprint density at radius 3 is 2.81 bits per heavy atom. The molecule has 0 aliphatic carbocycles. The maximum Gasteiger partial charge on any atom is 0.270 e. The molecule has 7 heteroatoms. The molecule has 0 aliphatic heterocycles. The van der Waals surface area contributed by atoms with Crippen LogP contribution < -0.4 is 15.4 Å². The molecule has 0 unspecified atom stereocenters. The molecule has 0 fully saturated rings. The van der Waals surface area contributed by atoms with E-state index in [1.165, 1.54) is 6.20 Å². The van der Waals surface area contributed by atoms with Crippen LogP contribution in [0.15, 0.2) is 60.8 Å². The third kappa shape index (κ3) is 5.18. The van der Waals surface area contributed by atoms with Crippen molar-refractivity contribution in [1.82, 2.24) is 15.3 Å². The molecule has 1 amide bonds. The first-order valence-electron chi connectivity index (χ1n) is 8.41. The number of hydrogen-bond donors (Lipinski definition) is 2. The van der Waals surface area contributed by atoms with Gasteiger partial charge in [0.25, 0.3) is 5.91 Å². The van der Waals surface area contributed by atoms with Crippen LogP contribution in [0.4, 0.5) is 11.6 Å². The number of benzene rings is 2. The highest BCUT2D eigenvalue weighted by Crippen LogP contribution is 2.23. The zero-order valence-corrected chi connectivity index (χ0v) is 15.5. The van der Waals surface area contributed by atoms with Gasteiger partial charge in [-0.25, -0.2) is 9.97 Å². The van der Waals surface area contributed by atoms with Crippen LogP contribution in [0.3, 0.4) is 0 Å². The zero-order valence-electron chi connectivity index (χ0n) is 14.8. The van der Waals surface area contributed by atoms with Crippen molar-refractivity contribution in [1.29, 1.82) is 0 Å². The van der Waals surface area contributed by atoms with Gasteiger partial charge in [0.05, 0.1) is 17.8 Å². The van der Waals surface area contributed by atoms with Gasteiger partial charge in [-0.2, -0.15) is 0 Å². The minimum atomic E-state index is -0.262. The van der Waals surface area contributed by atoms with E-state index in [0.29, 0.717) is 29.6 Å². The Labute approximate surface area is 162 Å². The summed E-state index contributed by atoms with van der Waals surface area (Å²) in [6.45, 7) is 0.489. The molecule has 2 N–H and O–H groups in total. The Kier molecular flexibility index (Phi) is 6.22. The highest BCUT2D eigenvalue weighted by atomic mass is 35.5. The lowest BCUT2D eigenvalue weighted by Crippen LogP contribution is -2.26. The number of aromatic nitrogens is 2. The lowest BCUT2D eigenvalue weighted by Gasteiger charge is -2.09. The van der Waals surface area contributed by atoms with Crippen LogP contribution in [0.25, 0.3) is 0 Å².